The van der Waals surface area contributed by atoms with Gasteiger partial charge in [0, 0.05) is 25.1 Å². The van der Waals surface area contributed by atoms with Gasteiger partial charge in [0.25, 0.3) is 11.8 Å². The molecule has 0 saturated heterocycles. The minimum atomic E-state index is -3.07. The second kappa shape index (κ2) is 4.65. The van der Waals surface area contributed by atoms with E-state index in [1.807, 2.05) is 0 Å². The number of aromatic nitrogens is 2. The normalized spacial score (nSPS) is 23.8. The Morgan fingerprint density at radius 3 is 2.73 bits per heavy atom. The maximum absolute atomic E-state index is 13.9. The Morgan fingerprint density at radius 2 is 2.09 bits per heavy atom. The van der Waals surface area contributed by atoms with Crippen molar-refractivity contribution in [3.63, 3.8) is 0 Å². The fourth-order valence-electron chi connectivity index (χ4n) is 3.07. The first kappa shape index (κ1) is 14.7. The third kappa shape index (κ3) is 2.20. The van der Waals surface area contributed by atoms with E-state index in [1.165, 1.54) is 11.9 Å². The van der Waals surface area contributed by atoms with E-state index in [4.69, 9.17) is 0 Å². The Hall–Kier alpha value is -2.19. The monoisotopic (exact) mass is 314 g/mol. The van der Waals surface area contributed by atoms with Gasteiger partial charge in [-0.15, -0.1) is 0 Å². The lowest BCUT2D eigenvalue weighted by Gasteiger charge is -2.30. The third-order valence-electron chi connectivity index (χ3n) is 4.13. The van der Waals surface area contributed by atoms with Crippen molar-refractivity contribution >= 4 is 12.0 Å². The summed E-state index contributed by atoms with van der Waals surface area (Å²) in [6, 6.07) is -0.308. The van der Waals surface area contributed by atoms with Crippen LogP contribution in [0.5, 0.6) is 0 Å². The lowest BCUT2D eigenvalue weighted by Crippen LogP contribution is -2.42. The van der Waals surface area contributed by atoms with Crippen LogP contribution in [-0.4, -0.2) is 62.2 Å². The molecule has 3 rings (SSSR count). The molecule has 1 N–H and O–H groups in total. The number of fused-ring (bicyclic) bond motifs is 3. The van der Waals surface area contributed by atoms with E-state index in [0.717, 1.165) is 9.58 Å². The Labute approximate surface area is 125 Å². The third-order valence-corrected chi connectivity index (χ3v) is 4.13. The van der Waals surface area contributed by atoms with E-state index in [9.17, 15) is 23.5 Å². The number of carbonyl (C=O) groups excluding carboxylic acids is 1. The number of halogens is 2. The number of amides is 2. The average molecular weight is 314 g/mol. The number of carboxylic acid groups (broad SMARTS) is 1. The average Bonchev–Trinajstić information content (AvgIpc) is 2.67. The highest BCUT2D eigenvalue weighted by molar-refractivity contribution is 5.94. The highest BCUT2D eigenvalue weighted by Crippen LogP contribution is 2.31. The molecular weight excluding hydrogens is 298 g/mol. The SMILES string of the molecule is C[C@@H]1Cc2nn3c(c2CN1C(=O)O)C(=O)N(C)CC(F)(F)C3. The molecule has 22 heavy (non-hydrogen) atoms. The van der Waals surface area contributed by atoms with Crippen LogP contribution in [0.1, 0.15) is 28.7 Å². The summed E-state index contributed by atoms with van der Waals surface area (Å²) in [5.74, 6) is -3.62. The summed E-state index contributed by atoms with van der Waals surface area (Å²) in [5, 5.41) is 13.4. The molecule has 0 unspecified atom stereocenters. The van der Waals surface area contributed by atoms with Crippen LogP contribution in [-0.2, 0) is 19.5 Å². The largest absolute Gasteiger partial charge is 0.465 e. The van der Waals surface area contributed by atoms with Crippen LogP contribution in [0.4, 0.5) is 13.6 Å². The first-order chi connectivity index (χ1) is 10.2. The summed E-state index contributed by atoms with van der Waals surface area (Å²) in [6.07, 6.45) is -0.789. The van der Waals surface area contributed by atoms with Crippen molar-refractivity contribution in [3.8, 4) is 0 Å². The van der Waals surface area contributed by atoms with Gasteiger partial charge in [0.1, 0.15) is 12.2 Å². The lowest BCUT2D eigenvalue weighted by molar-refractivity contribution is -0.0336. The number of hydrogen-bond acceptors (Lipinski definition) is 3. The van der Waals surface area contributed by atoms with E-state index < -0.39 is 31.0 Å². The zero-order valence-electron chi connectivity index (χ0n) is 12.2. The van der Waals surface area contributed by atoms with Crippen LogP contribution in [0.2, 0.25) is 0 Å². The minimum Gasteiger partial charge on any atom is -0.465 e. The molecule has 0 radical (unpaired) electrons. The quantitative estimate of drug-likeness (QED) is 0.776. The van der Waals surface area contributed by atoms with Gasteiger partial charge in [-0.05, 0) is 6.92 Å². The van der Waals surface area contributed by atoms with Crippen LogP contribution in [0, 0.1) is 0 Å². The molecule has 0 aromatic carbocycles. The molecule has 2 amide bonds. The van der Waals surface area contributed by atoms with Crippen molar-refractivity contribution in [2.24, 2.45) is 0 Å². The van der Waals surface area contributed by atoms with Crippen molar-refractivity contribution in [2.75, 3.05) is 13.6 Å². The number of carbonyl (C=O) groups is 2. The summed E-state index contributed by atoms with van der Waals surface area (Å²) in [6.45, 7) is 0.367. The lowest BCUT2D eigenvalue weighted by atomic mass is 10.00. The van der Waals surface area contributed by atoms with E-state index in [2.05, 4.69) is 5.10 Å². The molecule has 1 aromatic heterocycles. The summed E-state index contributed by atoms with van der Waals surface area (Å²) in [5.41, 5.74) is 1.04. The molecule has 0 saturated carbocycles. The topological polar surface area (TPSA) is 78.7 Å². The van der Waals surface area contributed by atoms with Crippen LogP contribution < -0.4 is 0 Å². The van der Waals surface area contributed by atoms with Crippen molar-refractivity contribution in [3.05, 3.63) is 17.0 Å². The molecule has 0 fully saturated rings. The van der Waals surface area contributed by atoms with Gasteiger partial charge in [-0.2, -0.15) is 5.10 Å². The molecule has 120 valence electrons. The van der Waals surface area contributed by atoms with Crippen molar-refractivity contribution < 1.29 is 23.5 Å². The fourth-order valence-corrected chi connectivity index (χ4v) is 3.07. The Morgan fingerprint density at radius 1 is 1.41 bits per heavy atom. The molecule has 7 nitrogen and oxygen atoms in total. The first-order valence-corrected chi connectivity index (χ1v) is 6.91. The van der Waals surface area contributed by atoms with Crippen LogP contribution >= 0.6 is 0 Å². The minimum absolute atomic E-state index is 0.00762. The summed E-state index contributed by atoms with van der Waals surface area (Å²) in [4.78, 5) is 25.8. The highest BCUT2D eigenvalue weighted by atomic mass is 19.3. The van der Waals surface area contributed by atoms with Crippen molar-refractivity contribution in [1.82, 2.24) is 19.6 Å². The Balaban J connectivity index is 2.09. The predicted octanol–water partition coefficient (Wildman–Crippen LogP) is 1.03. The van der Waals surface area contributed by atoms with Crippen LogP contribution in [0.25, 0.3) is 0 Å². The zero-order valence-corrected chi connectivity index (χ0v) is 12.2. The maximum atomic E-state index is 13.9. The van der Waals surface area contributed by atoms with E-state index in [1.54, 1.807) is 6.92 Å². The van der Waals surface area contributed by atoms with Crippen molar-refractivity contribution in [1.29, 1.82) is 0 Å². The molecule has 9 heteroatoms. The van der Waals surface area contributed by atoms with Crippen LogP contribution in [0.3, 0.4) is 0 Å². The fraction of sp³-hybridized carbons (Fsp3) is 0.615. The van der Waals surface area contributed by atoms with Gasteiger partial charge in [0.2, 0.25) is 0 Å². The highest BCUT2D eigenvalue weighted by Gasteiger charge is 2.42. The van der Waals surface area contributed by atoms with Gasteiger partial charge < -0.3 is 14.9 Å². The molecule has 3 heterocycles. The van der Waals surface area contributed by atoms with Gasteiger partial charge in [-0.25, -0.2) is 13.6 Å². The second-order valence-electron chi connectivity index (χ2n) is 5.91. The molecule has 1 aromatic rings. The molecule has 2 aliphatic rings. The van der Waals surface area contributed by atoms with Gasteiger partial charge in [-0.3, -0.25) is 9.48 Å². The summed E-state index contributed by atoms with van der Waals surface area (Å²) >= 11 is 0. The van der Waals surface area contributed by atoms with E-state index in [-0.39, 0.29) is 18.3 Å². The number of rotatable bonds is 0. The molecule has 1 atom stereocenters. The van der Waals surface area contributed by atoms with Gasteiger partial charge in [-0.1, -0.05) is 0 Å². The van der Waals surface area contributed by atoms with Crippen LogP contribution in [0.15, 0.2) is 0 Å². The molecular formula is C13H16F2N4O3. The van der Waals surface area contributed by atoms with Gasteiger partial charge >= 0.3 is 6.09 Å². The molecule has 0 bridgehead atoms. The number of nitrogens with zero attached hydrogens (tertiary/aromatic N) is 4. The Kier molecular flexibility index (Phi) is 3.12. The molecule has 0 spiro atoms. The van der Waals surface area contributed by atoms with Gasteiger partial charge in [0.05, 0.1) is 18.8 Å². The van der Waals surface area contributed by atoms with Gasteiger partial charge in [0.15, 0.2) is 0 Å². The number of alkyl halides is 2. The smallest absolute Gasteiger partial charge is 0.407 e. The summed E-state index contributed by atoms with van der Waals surface area (Å²) < 4.78 is 28.7. The molecule has 0 aliphatic carbocycles. The Bertz CT molecular complexity index is 658. The summed E-state index contributed by atoms with van der Waals surface area (Å²) in [7, 11) is 1.31. The number of hydrogen-bond donors (Lipinski definition) is 1. The van der Waals surface area contributed by atoms with E-state index >= 15 is 0 Å². The second-order valence-corrected chi connectivity index (χ2v) is 5.91. The first-order valence-electron chi connectivity index (χ1n) is 6.91. The standard InChI is InChI=1S/C13H16F2N4O3/c1-7-3-9-8(4-18(7)12(21)22)10-11(20)17(2)5-13(14,15)6-19(10)16-9/h7H,3-6H2,1-2H3,(H,21,22)/t7-/m1/s1. The molecule has 2 aliphatic heterocycles. The van der Waals surface area contributed by atoms with E-state index in [0.29, 0.717) is 17.7 Å². The zero-order chi connectivity index (χ0) is 16.2. The van der Waals surface area contributed by atoms with Crippen molar-refractivity contribution in [2.45, 2.75) is 38.4 Å². The predicted molar refractivity (Wildman–Crippen MR) is 70.9 cm³/mol. The maximum Gasteiger partial charge on any atom is 0.407 e.